The van der Waals surface area contributed by atoms with Crippen molar-refractivity contribution in [1.29, 1.82) is 0 Å². The van der Waals surface area contributed by atoms with Crippen molar-refractivity contribution in [2.24, 2.45) is 0 Å². The standard InChI is InChI=1S/C22H25N3O3S2/c1-13-9-15(3)20(16(4)10-13)19-12-29-22(23-19)24-21(26)18-11-17(8-7-14(18)2)30(27,28)25(5)6/h7-12H,1-6H3,(H,23,24,26). The molecule has 1 amide bonds. The van der Waals surface area contributed by atoms with E-state index in [0.29, 0.717) is 16.3 Å². The van der Waals surface area contributed by atoms with Crippen LogP contribution in [0.1, 0.15) is 32.6 Å². The zero-order valence-corrected chi connectivity index (χ0v) is 19.5. The van der Waals surface area contributed by atoms with E-state index in [-0.39, 0.29) is 10.8 Å². The van der Waals surface area contributed by atoms with Gasteiger partial charge in [-0.3, -0.25) is 10.1 Å². The van der Waals surface area contributed by atoms with Gasteiger partial charge in [0.1, 0.15) is 0 Å². The molecule has 2 aromatic carbocycles. The molecule has 0 fully saturated rings. The number of anilines is 1. The molecule has 1 N–H and O–H groups in total. The van der Waals surface area contributed by atoms with E-state index < -0.39 is 10.0 Å². The molecule has 0 spiro atoms. The number of hydrogen-bond acceptors (Lipinski definition) is 5. The predicted molar refractivity (Wildman–Crippen MR) is 122 cm³/mol. The molecular formula is C22H25N3O3S2. The number of aromatic nitrogens is 1. The molecule has 0 radical (unpaired) electrons. The largest absolute Gasteiger partial charge is 0.298 e. The SMILES string of the molecule is Cc1cc(C)c(-c2csc(NC(=O)c3cc(S(=O)(=O)N(C)C)ccc3C)n2)c(C)c1. The summed E-state index contributed by atoms with van der Waals surface area (Å²) in [6.45, 7) is 7.93. The summed E-state index contributed by atoms with van der Waals surface area (Å²) in [4.78, 5) is 17.5. The van der Waals surface area contributed by atoms with Gasteiger partial charge in [-0.05, 0) is 56.5 Å². The van der Waals surface area contributed by atoms with Crippen molar-refractivity contribution in [3.8, 4) is 11.3 Å². The lowest BCUT2D eigenvalue weighted by atomic mass is 9.98. The fraction of sp³-hybridized carbons (Fsp3) is 0.273. The number of rotatable bonds is 5. The van der Waals surface area contributed by atoms with Crippen LogP contribution < -0.4 is 5.32 Å². The second kappa shape index (κ2) is 8.29. The lowest BCUT2D eigenvalue weighted by molar-refractivity contribution is 0.102. The molecule has 0 atom stereocenters. The van der Waals surface area contributed by atoms with Crippen molar-refractivity contribution in [2.45, 2.75) is 32.6 Å². The number of carbonyl (C=O) groups excluding carboxylic acids is 1. The number of benzene rings is 2. The number of nitrogens with one attached hydrogen (secondary N) is 1. The van der Waals surface area contributed by atoms with Gasteiger partial charge in [-0.15, -0.1) is 11.3 Å². The van der Waals surface area contributed by atoms with E-state index in [9.17, 15) is 13.2 Å². The molecule has 6 nitrogen and oxygen atoms in total. The van der Waals surface area contributed by atoms with Crippen LogP contribution in [0.4, 0.5) is 5.13 Å². The summed E-state index contributed by atoms with van der Waals surface area (Å²) in [5.41, 5.74) is 6.32. The minimum Gasteiger partial charge on any atom is -0.298 e. The highest BCUT2D eigenvalue weighted by molar-refractivity contribution is 7.89. The summed E-state index contributed by atoms with van der Waals surface area (Å²) >= 11 is 1.34. The predicted octanol–water partition coefficient (Wildman–Crippen LogP) is 4.55. The summed E-state index contributed by atoms with van der Waals surface area (Å²) in [6, 6.07) is 8.77. The first-order valence-electron chi connectivity index (χ1n) is 9.39. The molecule has 0 bridgehead atoms. The number of sulfonamides is 1. The Kier molecular flexibility index (Phi) is 6.12. The van der Waals surface area contributed by atoms with E-state index in [1.165, 1.54) is 43.1 Å². The Bertz CT molecular complexity index is 1210. The Morgan fingerprint density at radius 1 is 1.00 bits per heavy atom. The molecule has 0 aliphatic carbocycles. The smallest absolute Gasteiger partial charge is 0.257 e. The van der Waals surface area contributed by atoms with Crippen LogP contribution >= 0.6 is 11.3 Å². The number of thiazole rings is 1. The fourth-order valence-electron chi connectivity index (χ4n) is 3.41. The van der Waals surface area contributed by atoms with Crippen molar-refractivity contribution in [1.82, 2.24) is 9.29 Å². The van der Waals surface area contributed by atoms with E-state index in [1.807, 2.05) is 19.2 Å². The molecular weight excluding hydrogens is 418 g/mol. The summed E-state index contributed by atoms with van der Waals surface area (Å²) in [5.74, 6) is -0.387. The number of hydrogen-bond donors (Lipinski definition) is 1. The Balaban J connectivity index is 1.90. The molecule has 0 unspecified atom stereocenters. The van der Waals surface area contributed by atoms with E-state index in [0.717, 1.165) is 26.7 Å². The third-order valence-corrected chi connectivity index (χ3v) is 7.46. The Morgan fingerprint density at radius 2 is 1.63 bits per heavy atom. The van der Waals surface area contributed by atoms with Crippen molar-refractivity contribution >= 4 is 32.4 Å². The molecule has 1 aromatic heterocycles. The number of amides is 1. The molecule has 0 aliphatic heterocycles. The first-order valence-corrected chi connectivity index (χ1v) is 11.7. The minimum absolute atomic E-state index is 0.0778. The summed E-state index contributed by atoms with van der Waals surface area (Å²) < 4.78 is 25.9. The highest BCUT2D eigenvalue weighted by Crippen LogP contribution is 2.31. The van der Waals surface area contributed by atoms with Crippen LogP contribution in [0.5, 0.6) is 0 Å². The first kappa shape index (κ1) is 22.1. The second-order valence-electron chi connectivity index (χ2n) is 7.53. The third kappa shape index (κ3) is 4.30. The Morgan fingerprint density at radius 3 is 2.23 bits per heavy atom. The lowest BCUT2D eigenvalue weighted by Crippen LogP contribution is -2.23. The number of aryl methyl sites for hydroxylation is 4. The minimum atomic E-state index is -3.63. The first-order chi connectivity index (χ1) is 14.0. The maximum Gasteiger partial charge on any atom is 0.257 e. The molecule has 158 valence electrons. The monoisotopic (exact) mass is 443 g/mol. The zero-order chi connectivity index (χ0) is 22.2. The van der Waals surface area contributed by atoms with Crippen LogP contribution in [-0.2, 0) is 10.0 Å². The topological polar surface area (TPSA) is 79.4 Å². The van der Waals surface area contributed by atoms with Gasteiger partial charge < -0.3 is 0 Å². The van der Waals surface area contributed by atoms with Crippen LogP contribution in [0.3, 0.4) is 0 Å². The third-order valence-electron chi connectivity index (χ3n) is 4.89. The molecule has 3 rings (SSSR count). The molecule has 0 saturated carbocycles. The Hall–Kier alpha value is -2.55. The molecule has 30 heavy (non-hydrogen) atoms. The van der Waals surface area contributed by atoms with Gasteiger partial charge in [0, 0.05) is 30.6 Å². The Labute approximate surface area is 181 Å². The van der Waals surface area contributed by atoms with Crippen molar-refractivity contribution < 1.29 is 13.2 Å². The maximum atomic E-state index is 12.9. The quantitative estimate of drug-likeness (QED) is 0.628. The number of carbonyl (C=O) groups is 1. The molecule has 3 aromatic rings. The summed E-state index contributed by atoms with van der Waals surface area (Å²) in [7, 11) is -0.708. The van der Waals surface area contributed by atoms with Crippen molar-refractivity contribution in [3.63, 3.8) is 0 Å². The number of nitrogens with zero attached hydrogens (tertiary/aromatic N) is 2. The molecule has 1 heterocycles. The van der Waals surface area contributed by atoms with Crippen molar-refractivity contribution in [2.75, 3.05) is 19.4 Å². The van der Waals surface area contributed by atoms with Crippen LogP contribution in [0.2, 0.25) is 0 Å². The van der Waals surface area contributed by atoms with Crippen LogP contribution in [-0.4, -0.2) is 37.7 Å². The van der Waals surface area contributed by atoms with Gasteiger partial charge in [0.2, 0.25) is 10.0 Å². The normalized spacial score (nSPS) is 11.7. The summed E-state index contributed by atoms with van der Waals surface area (Å²) in [5, 5.41) is 5.19. The highest BCUT2D eigenvalue weighted by atomic mass is 32.2. The molecule has 0 aliphatic rings. The average molecular weight is 444 g/mol. The van der Waals surface area contributed by atoms with Crippen LogP contribution in [0.25, 0.3) is 11.3 Å². The average Bonchev–Trinajstić information content (AvgIpc) is 3.08. The van der Waals surface area contributed by atoms with E-state index in [4.69, 9.17) is 0 Å². The van der Waals surface area contributed by atoms with Gasteiger partial charge >= 0.3 is 0 Å². The lowest BCUT2D eigenvalue weighted by Gasteiger charge is -2.13. The highest BCUT2D eigenvalue weighted by Gasteiger charge is 2.21. The van der Waals surface area contributed by atoms with Crippen molar-refractivity contribution in [3.05, 3.63) is 63.5 Å². The van der Waals surface area contributed by atoms with E-state index >= 15 is 0 Å². The van der Waals surface area contributed by atoms with Gasteiger partial charge in [0.15, 0.2) is 5.13 Å². The van der Waals surface area contributed by atoms with Crippen LogP contribution in [0.15, 0.2) is 40.6 Å². The fourth-order valence-corrected chi connectivity index (χ4v) is 5.04. The molecule has 8 heteroatoms. The van der Waals surface area contributed by atoms with Crippen LogP contribution in [0, 0.1) is 27.7 Å². The second-order valence-corrected chi connectivity index (χ2v) is 10.5. The molecule has 0 saturated heterocycles. The van der Waals surface area contributed by atoms with Gasteiger partial charge in [-0.2, -0.15) is 0 Å². The van der Waals surface area contributed by atoms with E-state index in [1.54, 1.807) is 13.0 Å². The zero-order valence-electron chi connectivity index (χ0n) is 17.9. The van der Waals surface area contributed by atoms with Gasteiger partial charge in [-0.1, -0.05) is 23.8 Å². The van der Waals surface area contributed by atoms with Gasteiger partial charge in [0.25, 0.3) is 5.91 Å². The van der Waals surface area contributed by atoms with Gasteiger partial charge in [0.05, 0.1) is 10.6 Å². The van der Waals surface area contributed by atoms with Gasteiger partial charge in [-0.25, -0.2) is 17.7 Å². The maximum absolute atomic E-state index is 12.9. The summed E-state index contributed by atoms with van der Waals surface area (Å²) in [6.07, 6.45) is 0. The van der Waals surface area contributed by atoms with E-state index in [2.05, 4.69) is 29.4 Å².